The lowest BCUT2D eigenvalue weighted by Crippen LogP contribution is -2.23. The normalized spacial score (nSPS) is 10.2. The van der Waals surface area contributed by atoms with Crippen LogP contribution in [0.25, 0.3) is 0 Å². The molecule has 0 unspecified atom stereocenters. The first kappa shape index (κ1) is 12.8. The highest BCUT2D eigenvalue weighted by Gasteiger charge is 2.10. The van der Waals surface area contributed by atoms with Gasteiger partial charge in [-0.05, 0) is 18.2 Å². The third-order valence-electron chi connectivity index (χ3n) is 2.38. The second-order valence-electron chi connectivity index (χ2n) is 3.66. The minimum atomic E-state index is -0.622. The summed E-state index contributed by atoms with van der Waals surface area (Å²) < 4.78 is 18.2. The van der Waals surface area contributed by atoms with Crippen molar-refractivity contribution in [1.29, 1.82) is 0 Å². The number of hydrogen-bond acceptors (Lipinski definition) is 4. The van der Waals surface area contributed by atoms with E-state index in [2.05, 4.69) is 20.5 Å². The monoisotopic (exact) mass is 266 g/mol. The smallest absolute Gasteiger partial charge is 0.340 e. The number of nitrogens with zero attached hydrogens (tertiary/aromatic N) is 1. The number of methoxy groups -OCH3 is 1. The van der Waals surface area contributed by atoms with Crippen molar-refractivity contribution in [2.24, 2.45) is 0 Å². The van der Waals surface area contributed by atoms with Gasteiger partial charge in [0, 0.05) is 5.56 Å². The van der Waals surface area contributed by atoms with E-state index >= 15 is 0 Å². The molecule has 0 aliphatic carbocycles. The molecule has 0 fully saturated rings. The number of nitrogens with one attached hydrogen (secondary N) is 3. The number of carbonyl (C=O) groups excluding carboxylic acids is 1. The van der Waals surface area contributed by atoms with Gasteiger partial charge < -0.3 is 10.1 Å². The first-order chi connectivity index (χ1) is 9.10. The highest BCUT2D eigenvalue weighted by Crippen LogP contribution is 2.17. The number of halogens is 1. The Morgan fingerprint density at radius 2 is 2.32 bits per heavy atom. The van der Waals surface area contributed by atoms with Gasteiger partial charge in [-0.3, -0.25) is 9.78 Å². The first-order valence-electron chi connectivity index (χ1n) is 5.35. The number of aromatic nitrogens is 3. The Morgan fingerprint density at radius 1 is 1.53 bits per heavy atom. The minimum Gasteiger partial charge on any atom is -0.494 e. The maximum Gasteiger partial charge on any atom is 0.340 e. The van der Waals surface area contributed by atoms with Gasteiger partial charge in [-0.2, -0.15) is 5.10 Å². The summed E-state index contributed by atoms with van der Waals surface area (Å²) in [4.78, 5) is 24.9. The van der Waals surface area contributed by atoms with E-state index in [1.165, 1.54) is 19.2 Å². The molecule has 2 rings (SSSR count). The van der Waals surface area contributed by atoms with Gasteiger partial charge in [0.2, 0.25) is 0 Å². The molecule has 1 aromatic carbocycles. The molecular weight excluding hydrogens is 255 g/mol. The van der Waals surface area contributed by atoms with Crippen molar-refractivity contribution in [3.63, 3.8) is 0 Å². The molecule has 19 heavy (non-hydrogen) atoms. The van der Waals surface area contributed by atoms with Gasteiger partial charge in [-0.1, -0.05) is 0 Å². The predicted molar refractivity (Wildman–Crippen MR) is 63.3 cm³/mol. The fourth-order valence-corrected chi connectivity index (χ4v) is 1.46. The third kappa shape index (κ3) is 2.97. The Kier molecular flexibility index (Phi) is 3.60. The van der Waals surface area contributed by atoms with Gasteiger partial charge in [0.1, 0.15) is 5.82 Å². The van der Waals surface area contributed by atoms with Crippen LogP contribution in [0, 0.1) is 5.82 Å². The Labute approximate surface area is 106 Å². The quantitative estimate of drug-likeness (QED) is 0.734. The van der Waals surface area contributed by atoms with Crippen LogP contribution in [-0.2, 0) is 6.54 Å². The highest BCUT2D eigenvalue weighted by molar-refractivity contribution is 5.94. The highest BCUT2D eigenvalue weighted by atomic mass is 19.1. The molecule has 0 radical (unpaired) electrons. The van der Waals surface area contributed by atoms with Gasteiger partial charge in [0.05, 0.1) is 13.7 Å². The molecule has 0 spiro atoms. The van der Waals surface area contributed by atoms with Crippen LogP contribution in [0.2, 0.25) is 0 Å². The zero-order valence-electron chi connectivity index (χ0n) is 9.99. The maximum atomic E-state index is 13.4. The van der Waals surface area contributed by atoms with Crippen LogP contribution >= 0.6 is 0 Å². The zero-order valence-corrected chi connectivity index (χ0v) is 9.99. The van der Waals surface area contributed by atoms with Crippen molar-refractivity contribution < 1.29 is 13.9 Å². The van der Waals surface area contributed by atoms with Crippen LogP contribution in [0.15, 0.2) is 23.0 Å². The van der Waals surface area contributed by atoms with Crippen molar-refractivity contribution in [3.8, 4) is 5.75 Å². The summed E-state index contributed by atoms with van der Waals surface area (Å²) in [6, 6.07) is 3.87. The fraction of sp³-hybridized carbons (Fsp3) is 0.182. The first-order valence-corrected chi connectivity index (χ1v) is 5.35. The van der Waals surface area contributed by atoms with Gasteiger partial charge in [-0.15, -0.1) is 0 Å². The van der Waals surface area contributed by atoms with E-state index in [1.807, 2.05) is 0 Å². The third-order valence-corrected chi connectivity index (χ3v) is 2.38. The fourth-order valence-electron chi connectivity index (χ4n) is 1.46. The van der Waals surface area contributed by atoms with Gasteiger partial charge in [-0.25, -0.2) is 14.3 Å². The topological polar surface area (TPSA) is 99.9 Å². The standard InChI is InChI=1S/C11H11FN4O3/c1-19-8-3-2-6(4-7(8)12)10(17)13-5-9-14-11(18)16-15-9/h2-4H,5H2,1H3,(H,13,17)(H2,14,15,16,18). The lowest BCUT2D eigenvalue weighted by atomic mass is 10.2. The number of amides is 1. The van der Waals surface area contributed by atoms with E-state index in [-0.39, 0.29) is 23.7 Å². The molecule has 0 aliphatic rings. The summed E-state index contributed by atoms with van der Waals surface area (Å²) in [5.74, 6) is -0.755. The van der Waals surface area contributed by atoms with Gasteiger partial charge >= 0.3 is 5.69 Å². The van der Waals surface area contributed by atoms with E-state index in [1.54, 1.807) is 0 Å². The van der Waals surface area contributed by atoms with Crippen molar-refractivity contribution in [2.75, 3.05) is 7.11 Å². The summed E-state index contributed by atoms with van der Waals surface area (Å²) in [6.07, 6.45) is 0. The van der Waals surface area contributed by atoms with Crippen LogP contribution in [0.4, 0.5) is 4.39 Å². The number of benzene rings is 1. The molecule has 2 aromatic rings. The molecule has 1 heterocycles. The summed E-state index contributed by atoms with van der Waals surface area (Å²) in [5, 5.41) is 8.29. The second kappa shape index (κ2) is 5.34. The number of hydrogen-bond donors (Lipinski definition) is 3. The average Bonchev–Trinajstić information content (AvgIpc) is 2.81. The summed E-state index contributed by atoms with van der Waals surface area (Å²) in [6.45, 7) is 0.0330. The van der Waals surface area contributed by atoms with Crippen LogP contribution in [0.5, 0.6) is 5.75 Å². The molecule has 0 aliphatic heterocycles. The second-order valence-corrected chi connectivity index (χ2v) is 3.66. The van der Waals surface area contributed by atoms with Crippen LogP contribution in [0.1, 0.15) is 16.2 Å². The van der Waals surface area contributed by atoms with Crippen molar-refractivity contribution in [3.05, 3.63) is 45.9 Å². The van der Waals surface area contributed by atoms with Gasteiger partial charge in [0.25, 0.3) is 5.91 Å². The van der Waals surface area contributed by atoms with Crippen molar-refractivity contribution >= 4 is 5.91 Å². The molecule has 7 nitrogen and oxygen atoms in total. The van der Waals surface area contributed by atoms with E-state index in [9.17, 15) is 14.0 Å². The number of carbonyl (C=O) groups is 1. The Morgan fingerprint density at radius 3 is 2.89 bits per heavy atom. The Hall–Kier alpha value is -2.64. The summed E-state index contributed by atoms with van der Waals surface area (Å²) >= 11 is 0. The minimum absolute atomic E-state index is 0.0330. The van der Waals surface area contributed by atoms with Crippen molar-refractivity contribution in [2.45, 2.75) is 6.54 Å². The lowest BCUT2D eigenvalue weighted by molar-refractivity contribution is 0.0949. The molecule has 0 saturated carbocycles. The zero-order chi connectivity index (χ0) is 13.8. The molecule has 0 bridgehead atoms. The molecular formula is C11H11FN4O3. The molecule has 0 saturated heterocycles. The van der Waals surface area contributed by atoms with Crippen LogP contribution in [0.3, 0.4) is 0 Å². The Bertz CT molecular complexity index is 649. The molecule has 8 heteroatoms. The van der Waals surface area contributed by atoms with Gasteiger partial charge in [0.15, 0.2) is 11.6 Å². The number of rotatable bonds is 4. The SMILES string of the molecule is COc1ccc(C(=O)NCc2n[nH]c(=O)[nH]2)cc1F. The maximum absolute atomic E-state index is 13.4. The average molecular weight is 266 g/mol. The number of aromatic amines is 2. The van der Waals surface area contributed by atoms with Crippen LogP contribution in [-0.4, -0.2) is 28.2 Å². The molecule has 1 aromatic heterocycles. The largest absolute Gasteiger partial charge is 0.494 e. The molecule has 100 valence electrons. The molecule has 3 N–H and O–H groups in total. The number of ether oxygens (including phenoxy) is 1. The van der Waals surface area contributed by atoms with E-state index in [0.29, 0.717) is 0 Å². The van der Waals surface area contributed by atoms with E-state index in [0.717, 1.165) is 6.07 Å². The molecule has 0 atom stereocenters. The number of H-pyrrole nitrogens is 2. The van der Waals surface area contributed by atoms with Crippen molar-refractivity contribution in [1.82, 2.24) is 20.5 Å². The van der Waals surface area contributed by atoms with E-state index in [4.69, 9.17) is 4.74 Å². The lowest BCUT2D eigenvalue weighted by Gasteiger charge is -2.05. The van der Waals surface area contributed by atoms with E-state index < -0.39 is 17.4 Å². The summed E-state index contributed by atoms with van der Waals surface area (Å²) in [7, 11) is 1.34. The summed E-state index contributed by atoms with van der Waals surface area (Å²) in [5.41, 5.74) is -0.309. The Balaban J connectivity index is 2.03. The predicted octanol–water partition coefficient (Wildman–Crippen LogP) is 0.176. The van der Waals surface area contributed by atoms with Crippen LogP contribution < -0.4 is 15.7 Å². The molecule has 1 amide bonds.